The van der Waals surface area contributed by atoms with Crippen LogP contribution in [0.5, 0.6) is 0 Å². The zero-order valence-corrected chi connectivity index (χ0v) is 17.6. The van der Waals surface area contributed by atoms with Crippen LogP contribution in [-0.4, -0.2) is 11.0 Å². The van der Waals surface area contributed by atoms with Gasteiger partial charge in [0.25, 0.3) is 0 Å². The monoisotopic (exact) mass is 487 g/mol. The van der Waals surface area contributed by atoms with Crippen LogP contribution in [0.4, 0.5) is 25.0 Å². The predicted octanol–water partition coefficient (Wildman–Crippen LogP) is 7.18. The van der Waals surface area contributed by atoms with Gasteiger partial charge in [-0.05, 0) is 35.9 Å². The molecule has 0 saturated heterocycles. The van der Waals surface area contributed by atoms with E-state index < -0.39 is 17.7 Å². The molecule has 30 heavy (non-hydrogen) atoms. The van der Waals surface area contributed by atoms with Crippen LogP contribution in [-0.2, 0) is 0 Å². The Bertz CT molecular complexity index is 1250. The molecule has 0 radical (unpaired) electrons. The molecule has 8 heteroatoms. The number of hydrogen-bond acceptors (Lipinski definition) is 2. The Hall–Kier alpha value is -3.03. The molecule has 0 saturated carbocycles. The predicted molar refractivity (Wildman–Crippen MR) is 119 cm³/mol. The van der Waals surface area contributed by atoms with Crippen LogP contribution in [0.15, 0.2) is 72.9 Å². The molecule has 0 bridgehead atoms. The number of amides is 2. The first-order valence-electron chi connectivity index (χ1n) is 8.79. The van der Waals surface area contributed by atoms with E-state index in [1.54, 1.807) is 18.2 Å². The Morgan fingerprint density at radius 3 is 2.53 bits per heavy atom. The van der Waals surface area contributed by atoms with Gasteiger partial charge in [-0.1, -0.05) is 41.9 Å². The lowest BCUT2D eigenvalue weighted by molar-refractivity contribution is 0.260. The average molecular weight is 489 g/mol. The molecule has 0 unspecified atom stereocenters. The third kappa shape index (κ3) is 3.99. The van der Waals surface area contributed by atoms with E-state index >= 15 is 0 Å². The Morgan fingerprint density at radius 1 is 1.03 bits per heavy atom. The van der Waals surface area contributed by atoms with E-state index in [9.17, 15) is 13.6 Å². The van der Waals surface area contributed by atoms with E-state index in [4.69, 9.17) is 11.6 Å². The minimum absolute atomic E-state index is 0.149. The van der Waals surface area contributed by atoms with Gasteiger partial charge in [0, 0.05) is 22.0 Å². The summed E-state index contributed by atoms with van der Waals surface area (Å²) in [5.41, 5.74) is 2.54. The minimum atomic E-state index is -0.879. The molecule has 0 aliphatic carbocycles. The first-order chi connectivity index (χ1) is 14.4. The van der Waals surface area contributed by atoms with Gasteiger partial charge in [0.2, 0.25) is 0 Å². The summed E-state index contributed by atoms with van der Waals surface area (Å²) in [7, 11) is 0. The number of carbonyl (C=O) groups excluding carboxylic acids is 1. The number of hydrogen-bond donors (Lipinski definition) is 1. The van der Waals surface area contributed by atoms with Gasteiger partial charge in [0.15, 0.2) is 0 Å². The molecule has 2 amide bonds. The van der Waals surface area contributed by atoms with Crippen molar-refractivity contribution in [3.63, 3.8) is 0 Å². The van der Waals surface area contributed by atoms with Gasteiger partial charge in [-0.15, -0.1) is 0 Å². The summed E-state index contributed by atoms with van der Waals surface area (Å²) in [5, 5.41) is 3.69. The fourth-order valence-electron chi connectivity index (χ4n) is 3.08. The molecule has 3 aromatic carbocycles. The number of rotatable bonds is 3. The maximum absolute atomic E-state index is 14.0. The second-order valence-electron chi connectivity index (χ2n) is 6.38. The maximum Gasteiger partial charge on any atom is 0.336 e. The number of aromatic nitrogens is 1. The number of nitrogens with zero attached hydrogens (tertiary/aromatic N) is 2. The molecule has 0 atom stereocenters. The molecule has 0 fully saturated rings. The third-order valence-electron chi connectivity index (χ3n) is 4.44. The Kier molecular flexibility index (Phi) is 5.65. The summed E-state index contributed by atoms with van der Waals surface area (Å²) >= 11 is 9.46. The quantitative estimate of drug-likeness (QED) is 0.310. The number of benzene rings is 3. The third-order valence-corrected chi connectivity index (χ3v) is 5.37. The van der Waals surface area contributed by atoms with E-state index in [2.05, 4.69) is 26.4 Å². The Balaban J connectivity index is 1.80. The largest absolute Gasteiger partial charge is 0.336 e. The molecule has 1 N–H and O–H groups in total. The first kappa shape index (κ1) is 20.3. The number of halogens is 4. The molecule has 4 nitrogen and oxygen atoms in total. The molecule has 0 aliphatic heterocycles. The molecule has 150 valence electrons. The molecule has 1 heterocycles. The molecular formula is C22H13BrClF2N3O. The van der Waals surface area contributed by atoms with Gasteiger partial charge >= 0.3 is 6.03 Å². The van der Waals surface area contributed by atoms with Crippen molar-refractivity contribution in [2.45, 2.75) is 0 Å². The zero-order valence-electron chi connectivity index (χ0n) is 15.2. The number of fused-ring (bicyclic) bond motifs is 1. The van der Waals surface area contributed by atoms with E-state index in [0.717, 1.165) is 32.6 Å². The number of anilines is 2. The highest BCUT2D eigenvalue weighted by molar-refractivity contribution is 9.10. The lowest BCUT2D eigenvalue weighted by atomic mass is 9.99. The van der Waals surface area contributed by atoms with Crippen LogP contribution < -0.4 is 9.24 Å². The zero-order chi connectivity index (χ0) is 21.3. The summed E-state index contributed by atoms with van der Waals surface area (Å²) < 4.78 is 28.2. The summed E-state index contributed by atoms with van der Waals surface area (Å²) in [4.78, 5) is 17.2. The van der Waals surface area contributed by atoms with E-state index in [0.29, 0.717) is 22.3 Å². The maximum atomic E-state index is 14.0. The fraction of sp³-hybridized carbons (Fsp3) is 0. The van der Waals surface area contributed by atoms with E-state index in [1.807, 2.05) is 30.3 Å². The standard InChI is InChI=1S/C22H13BrClF2N3O/c23-29(22(30)28-19-9-7-15(25)11-17(19)26)20-12-27-18-8-6-14(24)10-16(18)21(20)13-4-2-1-3-5-13/h1-12H,(H,28,30). The molecule has 0 aliphatic rings. The highest BCUT2D eigenvalue weighted by Crippen LogP contribution is 2.39. The summed E-state index contributed by atoms with van der Waals surface area (Å²) in [5.74, 6) is -1.61. The molecular weight excluding hydrogens is 476 g/mol. The summed E-state index contributed by atoms with van der Waals surface area (Å²) in [6.45, 7) is 0. The van der Waals surface area contributed by atoms with Gasteiger partial charge in [-0.25, -0.2) is 17.5 Å². The Labute approximate surface area is 184 Å². The lowest BCUT2D eigenvalue weighted by Crippen LogP contribution is -2.27. The summed E-state index contributed by atoms with van der Waals surface area (Å²) in [6.07, 6.45) is 1.54. The first-order valence-corrected chi connectivity index (χ1v) is 9.88. The van der Waals surface area contributed by atoms with Crippen LogP contribution >= 0.6 is 27.7 Å². The van der Waals surface area contributed by atoms with Crippen molar-refractivity contribution in [2.24, 2.45) is 0 Å². The van der Waals surface area contributed by atoms with Crippen molar-refractivity contribution in [1.82, 2.24) is 4.98 Å². The van der Waals surface area contributed by atoms with Crippen molar-refractivity contribution in [3.8, 4) is 11.1 Å². The summed E-state index contributed by atoms with van der Waals surface area (Å²) in [6, 6.07) is 17.0. The van der Waals surface area contributed by atoms with Gasteiger partial charge in [-0.3, -0.25) is 4.98 Å². The van der Waals surface area contributed by atoms with Crippen LogP contribution in [0.25, 0.3) is 22.0 Å². The van der Waals surface area contributed by atoms with Gasteiger partial charge < -0.3 is 5.32 Å². The van der Waals surface area contributed by atoms with Crippen molar-refractivity contribution in [3.05, 3.63) is 89.6 Å². The molecule has 0 spiro atoms. The number of carbonyl (C=O) groups is 1. The normalized spacial score (nSPS) is 10.8. The SMILES string of the molecule is O=C(Nc1ccc(F)cc1F)N(Br)c1cnc2ccc(Cl)cc2c1-c1ccccc1. The smallest absolute Gasteiger partial charge is 0.304 e. The van der Waals surface area contributed by atoms with Gasteiger partial charge in [-0.2, -0.15) is 0 Å². The fourth-order valence-corrected chi connectivity index (χ4v) is 3.61. The van der Waals surface area contributed by atoms with Crippen LogP contribution in [0.1, 0.15) is 0 Å². The van der Waals surface area contributed by atoms with Crippen LogP contribution in [0.3, 0.4) is 0 Å². The van der Waals surface area contributed by atoms with Gasteiger partial charge in [0.1, 0.15) is 11.6 Å². The number of urea groups is 1. The number of pyridine rings is 1. The van der Waals surface area contributed by atoms with Crippen LogP contribution in [0.2, 0.25) is 5.02 Å². The van der Waals surface area contributed by atoms with Crippen LogP contribution in [0, 0.1) is 11.6 Å². The van der Waals surface area contributed by atoms with E-state index in [1.165, 1.54) is 6.20 Å². The topological polar surface area (TPSA) is 45.2 Å². The molecule has 4 rings (SSSR count). The van der Waals surface area contributed by atoms with E-state index in [-0.39, 0.29) is 5.69 Å². The molecule has 1 aromatic heterocycles. The number of nitrogens with one attached hydrogen (secondary N) is 1. The van der Waals surface area contributed by atoms with Crippen molar-refractivity contribution < 1.29 is 13.6 Å². The highest BCUT2D eigenvalue weighted by atomic mass is 79.9. The lowest BCUT2D eigenvalue weighted by Gasteiger charge is -2.20. The Morgan fingerprint density at radius 2 is 1.80 bits per heavy atom. The van der Waals surface area contributed by atoms with Gasteiger partial charge in [0.05, 0.1) is 39.2 Å². The average Bonchev–Trinajstić information content (AvgIpc) is 2.74. The second-order valence-corrected chi connectivity index (χ2v) is 7.53. The van der Waals surface area contributed by atoms with Crippen molar-refractivity contribution in [1.29, 1.82) is 0 Å². The second kappa shape index (κ2) is 8.38. The van der Waals surface area contributed by atoms with Crippen molar-refractivity contribution in [2.75, 3.05) is 9.24 Å². The molecule has 4 aromatic rings. The minimum Gasteiger partial charge on any atom is -0.304 e. The van der Waals surface area contributed by atoms with Crippen molar-refractivity contribution >= 4 is 56.1 Å². The highest BCUT2D eigenvalue weighted by Gasteiger charge is 2.21.